The summed E-state index contributed by atoms with van der Waals surface area (Å²) in [5, 5.41) is 17.7. The standard InChI is InChI=1S/C33H35ClN2O10S/c1-15-8-20(37)26(31(39)33(15)32(40)27-21(41-3)12-22(42-4)28(34)30(27)46-33)19(11-25(38)35-13-18-14-47-16(2)36-18)17-9-23(43-5)29(45-7)24(10-17)44-6/h9-10,12,14-15,19,39H,8,11,13H2,1-7H3,(H,35,38)/t15-,19?,33+/m1/s1. The predicted molar refractivity (Wildman–Crippen MR) is 173 cm³/mol. The lowest BCUT2D eigenvalue weighted by molar-refractivity contribution is -0.122. The van der Waals surface area contributed by atoms with Crippen LogP contribution < -0.4 is 33.7 Å². The number of halogens is 1. The number of ether oxygens (including phenoxy) is 6. The molecule has 47 heavy (non-hydrogen) atoms. The van der Waals surface area contributed by atoms with Gasteiger partial charge in [-0.3, -0.25) is 14.4 Å². The number of aliphatic hydroxyl groups excluding tert-OH is 1. The number of Topliss-reactive ketones (excluding diaryl/α,β-unsaturated/α-hetero) is 2. The fraction of sp³-hybridized carbons (Fsp3) is 0.394. The van der Waals surface area contributed by atoms with Crippen molar-refractivity contribution >= 4 is 40.4 Å². The highest BCUT2D eigenvalue weighted by Gasteiger charge is 2.61. The Morgan fingerprint density at radius 2 is 1.70 bits per heavy atom. The molecule has 0 radical (unpaired) electrons. The molecule has 1 aromatic heterocycles. The average molecular weight is 687 g/mol. The molecule has 1 unspecified atom stereocenters. The second-order valence-corrected chi connectivity index (χ2v) is 12.5. The number of nitrogens with zero attached hydrogens (tertiary/aromatic N) is 1. The average Bonchev–Trinajstić information content (AvgIpc) is 3.63. The highest BCUT2D eigenvalue weighted by atomic mass is 35.5. The highest BCUT2D eigenvalue weighted by molar-refractivity contribution is 7.09. The van der Waals surface area contributed by atoms with Crippen LogP contribution in [0.3, 0.4) is 0 Å². The molecular formula is C33H35ClN2O10S. The molecule has 0 saturated heterocycles. The minimum absolute atomic E-state index is 0.00445. The molecule has 3 atom stereocenters. The van der Waals surface area contributed by atoms with Gasteiger partial charge in [0, 0.05) is 41.7 Å². The molecule has 1 aliphatic heterocycles. The Kier molecular flexibility index (Phi) is 9.60. The van der Waals surface area contributed by atoms with Crippen molar-refractivity contribution in [1.82, 2.24) is 10.3 Å². The van der Waals surface area contributed by atoms with E-state index in [0.717, 1.165) is 5.01 Å². The Bertz CT molecular complexity index is 1760. The van der Waals surface area contributed by atoms with Gasteiger partial charge in [0.1, 0.15) is 22.1 Å². The van der Waals surface area contributed by atoms with E-state index >= 15 is 0 Å². The number of carbonyl (C=O) groups is 3. The van der Waals surface area contributed by atoms with E-state index in [-0.39, 0.29) is 64.3 Å². The van der Waals surface area contributed by atoms with Crippen LogP contribution in [0.2, 0.25) is 5.02 Å². The molecule has 5 rings (SSSR count). The number of aryl methyl sites for hydroxylation is 1. The number of methoxy groups -OCH3 is 5. The van der Waals surface area contributed by atoms with E-state index in [2.05, 4.69) is 10.3 Å². The smallest absolute Gasteiger partial charge is 0.231 e. The number of thiazole rings is 1. The lowest BCUT2D eigenvalue weighted by Gasteiger charge is -2.38. The van der Waals surface area contributed by atoms with Crippen LogP contribution in [0.4, 0.5) is 0 Å². The fourth-order valence-electron chi connectivity index (χ4n) is 6.16. The van der Waals surface area contributed by atoms with Gasteiger partial charge in [-0.05, 0) is 24.6 Å². The van der Waals surface area contributed by atoms with Gasteiger partial charge in [-0.2, -0.15) is 0 Å². The van der Waals surface area contributed by atoms with Gasteiger partial charge in [0.05, 0.1) is 52.8 Å². The van der Waals surface area contributed by atoms with Crippen LogP contribution in [-0.4, -0.2) is 68.7 Å². The third-order valence-corrected chi connectivity index (χ3v) is 9.65. The van der Waals surface area contributed by atoms with E-state index in [1.807, 2.05) is 12.3 Å². The number of rotatable bonds is 11. The Morgan fingerprint density at radius 1 is 1.06 bits per heavy atom. The van der Waals surface area contributed by atoms with E-state index in [9.17, 15) is 19.5 Å². The number of nitrogens with one attached hydrogen (secondary N) is 1. The highest BCUT2D eigenvalue weighted by Crippen LogP contribution is 2.56. The zero-order chi connectivity index (χ0) is 34.2. The quantitative estimate of drug-likeness (QED) is 0.268. The van der Waals surface area contributed by atoms with Gasteiger partial charge in [0.25, 0.3) is 0 Å². The second kappa shape index (κ2) is 13.3. The van der Waals surface area contributed by atoms with E-state index in [1.54, 1.807) is 19.1 Å². The van der Waals surface area contributed by atoms with Gasteiger partial charge < -0.3 is 38.8 Å². The van der Waals surface area contributed by atoms with Crippen molar-refractivity contribution in [3.63, 3.8) is 0 Å². The van der Waals surface area contributed by atoms with Gasteiger partial charge in [-0.1, -0.05) is 18.5 Å². The Labute approximate surface area is 280 Å². The van der Waals surface area contributed by atoms with Crippen molar-refractivity contribution in [2.75, 3.05) is 35.5 Å². The summed E-state index contributed by atoms with van der Waals surface area (Å²) in [6, 6.07) is 4.64. The van der Waals surface area contributed by atoms with Crippen LogP contribution in [0.1, 0.15) is 52.3 Å². The molecule has 1 amide bonds. The van der Waals surface area contributed by atoms with Crippen molar-refractivity contribution in [2.45, 2.75) is 44.8 Å². The largest absolute Gasteiger partial charge is 0.507 e. The lowest BCUT2D eigenvalue weighted by Crippen LogP contribution is -2.53. The van der Waals surface area contributed by atoms with Gasteiger partial charge >= 0.3 is 0 Å². The number of aromatic nitrogens is 1. The van der Waals surface area contributed by atoms with Crippen molar-refractivity contribution in [3.05, 3.63) is 61.8 Å². The number of amides is 1. The molecular weight excluding hydrogens is 652 g/mol. The maximum atomic E-state index is 14.4. The number of aliphatic hydroxyl groups is 1. The van der Waals surface area contributed by atoms with Crippen molar-refractivity contribution < 1.29 is 47.9 Å². The van der Waals surface area contributed by atoms with Crippen LogP contribution in [0.15, 0.2) is 34.9 Å². The normalized spacial score (nSPS) is 19.3. The molecule has 2 aromatic carbocycles. The summed E-state index contributed by atoms with van der Waals surface area (Å²) >= 11 is 8.06. The van der Waals surface area contributed by atoms with Gasteiger partial charge in [0.2, 0.25) is 23.0 Å². The van der Waals surface area contributed by atoms with Crippen LogP contribution in [0.25, 0.3) is 0 Å². The molecule has 0 fully saturated rings. The zero-order valence-corrected chi connectivity index (χ0v) is 28.5. The molecule has 14 heteroatoms. The summed E-state index contributed by atoms with van der Waals surface area (Å²) < 4.78 is 33.8. The van der Waals surface area contributed by atoms with Gasteiger partial charge in [0.15, 0.2) is 28.8 Å². The summed E-state index contributed by atoms with van der Waals surface area (Å²) in [7, 11) is 7.10. The van der Waals surface area contributed by atoms with Crippen LogP contribution in [-0.2, 0) is 16.1 Å². The van der Waals surface area contributed by atoms with Gasteiger partial charge in [-0.25, -0.2) is 4.98 Å². The molecule has 0 bridgehead atoms. The SMILES string of the molecule is COc1cc(OC)c2c(c1Cl)O[C@]1(C2=O)C(O)=C(C(CC(=O)NCc2csc(C)n2)c2cc(OC)c(OC)c(OC)c2)C(=O)C[C@H]1C. The molecule has 250 valence electrons. The number of allylic oxidation sites excluding steroid dienone is 1. The number of ketones is 2. The lowest BCUT2D eigenvalue weighted by atomic mass is 9.69. The first-order chi connectivity index (χ1) is 22.4. The van der Waals surface area contributed by atoms with E-state index in [1.165, 1.54) is 53.0 Å². The van der Waals surface area contributed by atoms with Gasteiger partial charge in [-0.15, -0.1) is 11.3 Å². The zero-order valence-electron chi connectivity index (χ0n) is 26.9. The Morgan fingerprint density at radius 3 is 2.26 bits per heavy atom. The molecule has 0 saturated carbocycles. The number of fused-ring (bicyclic) bond motifs is 1. The van der Waals surface area contributed by atoms with Crippen molar-refractivity contribution in [3.8, 4) is 34.5 Å². The first kappa shape index (κ1) is 33.9. The summed E-state index contributed by atoms with van der Waals surface area (Å²) in [6.45, 7) is 3.65. The van der Waals surface area contributed by atoms with E-state index < -0.39 is 40.7 Å². The molecule has 1 aliphatic carbocycles. The molecule has 2 heterocycles. The predicted octanol–water partition coefficient (Wildman–Crippen LogP) is 5.37. The topological polar surface area (TPSA) is 152 Å². The number of hydrogen-bond acceptors (Lipinski definition) is 12. The van der Waals surface area contributed by atoms with Crippen LogP contribution in [0.5, 0.6) is 34.5 Å². The summed E-state index contributed by atoms with van der Waals surface area (Å²) in [5.74, 6) is -2.98. The minimum Gasteiger partial charge on any atom is -0.507 e. The summed E-state index contributed by atoms with van der Waals surface area (Å²) in [6.07, 6.45) is -0.479. The maximum absolute atomic E-state index is 14.4. The summed E-state index contributed by atoms with van der Waals surface area (Å²) in [5.41, 5.74) is -1.13. The third kappa shape index (κ3) is 5.71. The Hall–Kier alpha value is -4.49. The number of hydrogen-bond donors (Lipinski definition) is 2. The molecule has 2 aliphatic rings. The minimum atomic E-state index is -2.04. The number of carbonyl (C=O) groups excluding carboxylic acids is 3. The van der Waals surface area contributed by atoms with Crippen LogP contribution in [0, 0.1) is 12.8 Å². The Balaban J connectivity index is 1.68. The second-order valence-electron chi connectivity index (χ2n) is 11.1. The summed E-state index contributed by atoms with van der Waals surface area (Å²) in [4.78, 5) is 46.2. The third-order valence-electron chi connectivity index (χ3n) is 8.47. The van der Waals surface area contributed by atoms with Crippen molar-refractivity contribution in [1.29, 1.82) is 0 Å². The first-order valence-corrected chi connectivity index (χ1v) is 15.8. The molecule has 12 nitrogen and oxygen atoms in total. The van der Waals surface area contributed by atoms with Crippen molar-refractivity contribution in [2.24, 2.45) is 5.92 Å². The maximum Gasteiger partial charge on any atom is 0.231 e. The van der Waals surface area contributed by atoms with Crippen LogP contribution >= 0.6 is 22.9 Å². The molecule has 3 aromatic rings. The fourth-order valence-corrected chi connectivity index (χ4v) is 7.04. The molecule has 2 N–H and O–H groups in total. The molecule has 1 spiro atoms. The van der Waals surface area contributed by atoms with E-state index in [0.29, 0.717) is 17.0 Å². The van der Waals surface area contributed by atoms with E-state index in [4.69, 9.17) is 40.0 Å². The first-order valence-electron chi connectivity index (χ1n) is 14.6. The monoisotopic (exact) mass is 686 g/mol. The number of benzene rings is 2.